The van der Waals surface area contributed by atoms with E-state index in [4.69, 9.17) is 15.7 Å². The third-order valence-corrected chi connectivity index (χ3v) is 2.34. The molecule has 0 saturated carbocycles. The van der Waals surface area contributed by atoms with Crippen molar-refractivity contribution in [2.45, 2.75) is 0 Å². The number of ether oxygens (including phenoxy) is 1. The van der Waals surface area contributed by atoms with E-state index in [0.29, 0.717) is 0 Å². The minimum absolute atomic E-state index is 0.0153. The molecule has 21 heavy (non-hydrogen) atoms. The van der Waals surface area contributed by atoms with E-state index in [9.17, 15) is 14.5 Å². The third-order valence-electron chi connectivity index (χ3n) is 2.34. The van der Waals surface area contributed by atoms with Crippen LogP contribution < -0.4 is 10.5 Å². The lowest BCUT2D eigenvalue weighted by Crippen LogP contribution is -2.15. The van der Waals surface area contributed by atoms with E-state index >= 15 is 0 Å². The molecule has 0 aliphatic rings. The Morgan fingerprint density at radius 3 is 2.90 bits per heavy atom. The summed E-state index contributed by atoms with van der Waals surface area (Å²) < 4.78 is 18.7. The van der Waals surface area contributed by atoms with E-state index < -0.39 is 22.2 Å². The van der Waals surface area contributed by atoms with Crippen LogP contribution >= 0.6 is 0 Å². The van der Waals surface area contributed by atoms with Crippen LogP contribution in [-0.4, -0.2) is 25.9 Å². The molecule has 3 N–H and O–H groups in total. The Labute approximate surface area is 116 Å². The van der Waals surface area contributed by atoms with E-state index in [0.717, 1.165) is 12.1 Å². The number of nitrogens with zero attached hydrogens (tertiary/aromatic N) is 4. The van der Waals surface area contributed by atoms with Crippen LogP contribution in [0.4, 0.5) is 10.1 Å². The first-order chi connectivity index (χ1) is 10.0. The summed E-state index contributed by atoms with van der Waals surface area (Å²) in [4.78, 5) is 17.5. The second-order valence-electron chi connectivity index (χ2n) is 3.66. The quantitative estimate of drug-likeness (QED) is 0.286. The number of hydrogen-bond acceptors (Lipinski definition) is 7. The van der Waals surface area contributed by atoms with Gasteiger partial charge in [0.15, 0.2) is 11.7 Å². The Morgan fingerprint density at radius 2 is 2.24 bits per heavy atom. The highest BCUT2D eigenvalue weighted by Gasteiger charge is 2.21. The molecule has 0 fully saturated rings. The summed E-state index contributed by atoms with van der Waals surface area (Å²) in [6.07, 6.45) is 1.21. The molecule has 1 heterocycles. The zero-order valence-corrected chi connectivity index (χ0v) is 10.3. The summed E-state index contributed by atoms with van der Waals surface area (Å²) in [6, 6.07) is 4.18. The van der Waals surface area contributed by atoms with Gasteiger partial charge in [-0.25, -0.2) is 9.37 Å². The maximum atomic E-state index is 13.6. The van der Waals surface area contributed by atoms with Crippen molar-refractivity contribution in [3.8, 4) is 11.8 Å². The molecule has 1 aromatic carbocycles. The molecule has 0 radical (unpaired) electrons. The Kier molecular flexibility index (Phi) is 3.88. The molecule has 2 aromatic rings. The predicted octanol–water partition coefficient (Wildman–Crippen LogP) is 1.41. The van der Waals surface area contributed by atoms with Gasteiger partial charge in [0.2, 0.25) is 5.75 Å². The number of aromatic nitrogens is 2. The van der Waals surface area contributed by atoms with Crippen LogP contribution in [0.3, 0.4) is 0 Å². The molecule has 9 nitrogen and oxygen atoms in total. The fourth-order valence-corrected chi connectivity index (χ4v) is 1.42. The molecule has 108 valence electrons. The maximum absolute atomic E-state index is 13.6. The van der Waals surface area contributed by atoms with Gasteiger partial charge in [-0.05, 0) is 12.1 Å². The van der Waals surface area contributed by atoms with Crippen LogP contribution in [0.15, 0.2) is 35.6 Å². The number of para-hydroxylation sites is 1. The van der Waals surface area contributed by atoms with Crippen molar-refractivity contribution in [3.05, 3.63) is 52.1 Å². The first-order valence-corrected chi connectivity index (χ1v) is 5.44. The highest BCUT2D eigenvalue weighted by atomic mass is 19.1. The van der Waals surface area contributed by atoms with Gasteiger partial charge in [0.1, 0.15) is 5.69 Å². The Hall–Kier alpha value is -3.30. The molecule has 0 aliphatic heterocycles. The predicted molar refractivity (Wildman–Crippen MR) is 67.7 cm³/mol. The van der Waals surface area contributed by atoms with Crippen LogP contribution in [0, 0.1) is 15.9 Å². The average molecular weight is 293 g/mol. The summed E-state index contributed by atoms with van der Waals surface area (Å²) in [6.45, 7) is 0. The molecule has 0 aliphatic carbocycles. The summed E-state index contributed by atoms with van der Waals surface area (Å²) in [5, 5.41) is 22.1. The number of nitrogens with two attached hydrogens (primary N) is 1. The van der Waals surface area contributed by atoms with Gasteiger partial charge < -0.3 is 15.7 Å². The van der Waals surface area contributed by atoms with Crippen molar-refractivity contribution in [2.24, 2.45) is 10.9 Å². The van der Waals surface area contributed by atoms with Gasteiger partial charge >= 0.3 is 11.7 Å². The van der Waals surface area contributed by atoms with Gasteiger partial charge in [0, 0.05) is 12.3 Å². The SMILES string of the molecule is N/C(=N/O)c1ccnc(Oc2c(F)cccc2[N+](=O)[O-])n1. The molecule has 0 saturated heterocycles. The number of nitro groups is 1. The van der Waals surface area contributed by atoms with Crippen LogP contribution in [-0.2, 0) is 0 Å². The van der Waals surface area contributed by atoms with Gasteiger partial charge in [0.05, 0.1) is 4.92 Å². The van der Waals surface area contributed by atoms with Crippen LogP contribution in [0.2, 0.25) is 0 Å². The zero-order chi connectivity index (χ0) is 15.4. The van der Waals surface area contributed by atoms with Gasteiger partial charge in [-0.2, -0.15) is 4.98 Å². The number of nitro benzene ring substituents is 1. The van der Waals surface area contributed by atoms with Gasteiger partial charge in [-0.1, -0.05) is 11.2 Å². The second kappa shape index (κ2) is 5.77. The summed E-state index contributed by atoms with van der Waals surface area (Å²) in [5.74, 6) is -1.88. The van der Waals surface area contributed by atoms with Crippen molar-refractivity contribution in [1.29, 1.82) is 0 Å². The Morgan fingerprint density at radius 1 is 1.48 bits per heavy atom. The van der Waals surface area contributed by atoms with E-state index in [1.807, 2.05) is 0 Å². The van der Waals surface area contributed by atoms with Crippen LogP contribution in [0.5, 0.6) is 11.8 Å². The smallest absolute Gasteiger partial charge is 0.322 e. The first-order valence-electron chi connectivity index (χ1n) is 5.44. The molecular weight excluding hydrogens is 285 g/mol. The fraction of sp³-hybridized carbons (Fsp3) is 0. The third kappa shape index (κ3) is 3.00. The molecular formula is C11H8FN5O4. The standard InChI is InChI=1S/C11H8FN5O4/c12-6-2-1-3-8(17(19)20)9(6)21-11-14-5-4-7(15-11)10(13)16-18/h1-5,18H,(H2,13,16). The largest absolute Gasteiger partial charge is 0.414 e. The lowest BCUT2D eigenvalue weighted by atomic mass is 10.3. The molecule has 0 spiro atoms. The number of rotatable bonds is 4. The van der Waals surface area contributed by atoms with E-state index in [1.165, 1.54) is 18.3 Å². The first kappa shape index (κ1) is 14.1. The molecule has 0 amide bonds. The molecule has 10 heteroatoms. The van der Waals surface area contributed by atoms with Crippen molar-refractivity contribution in [1.82, 2.24) is 9.97 Å². The molecule has 0 atom stereocenters. The topological polar surface area (TPSA) is 137 Å². The monoisotopic (exact) mass is 293 g/mol. The molecule has 0 unspecified atom stereocenters. The lowest BCUT2D eigenvalue weighted by Gasteiger charge is -2.06. The number of hydrogen-bond donors (Lipinski definition) is 2. The van der Waals surface area contributed by atoms with Crippen molar-refractivity contribution < 1.29 is 19.3 Å². The number of benzene rings is 1. The van der Waals surface area contributed by atoms with Gasteiger partial charge in [-0.3, -0.25) is 10.1 Å². The summed E-state index contributed by atoms with van der Waals surface area (Å²) in [5.41, 5.74) is 4.78. The number of halogens is 1. The highest BCUT2D eigenvalue weighted by molar-refractivity contribution is 5.95. The van der Waals surface area contributed by atoms with E-state index in [1.54, 1.807) is 0 Å². The minimum Gasteiger partial charge on any atom is -0.414 e. The van der Waals surface area contributed by atoms with Gasteiger partial charge in [-0.15, -0.1) is 0 Å². The fourth-order valence-electron chi connectivity index (χ4n) is 1.42. The summed E-state index contributed by atoms with van der Waals surface area (Å²) in [7, 11) is 0. The van der Waals surface area contributed by atoms with Crippen LogP contribution in [0.1, 0.15) is 5.69 Å². The van der Waals surface area contributed by atoms with E-state index in [-0.39, 0.29) is 17.5 Å². The maximum Gasteiger partial charge on any atom is 0.322 e. The average Bonchev–Trinajstić information content (AvgIpc) is 2.48. The number of oxime groups is 1. The lowest BCUT2D eigenvalue weighted by molar-refractivity contribution is -0.385. The molecule has 0 bridgehead atoms. The summed E-state index contributed by atoms with van der Waals surface area (Å²) >= 11 is 0. The van der Waals surface area contributed by atoms with Crippen molar-refractivity contribution in [2.75, 3.05) is 0 Å². The van der Waals surface area contributed by atoms with Crippen molar-refractivity contribution in [3.63, 3.8) is 0 Å². The Bertz CT molecular complexity index is 722. The zero-order valence-electron chi connectivity index (χ0n) is 10.3. The van der Waals surface area contributed by atoms with Crippen LogP contribution in [0.25, 0.3) is 0 Å². The number of amidine groups is 1. The van der Waals surface area contributed by atoms with E-state index in [2.05, 4.69) is 15.1 Å². The second-order valence-corrected chi connectivity index (χ2v) is 3.66. The normalized spacial score (nSPS) is 11.2. The highest BCUT2D eigenvalue weighted by Crippen LogP contribution is 2.32. The van der Waals surface area contributed by atoms with Crippen molar-refractivity contribution >= 4 is 11.5 Å². The minimum atomic E-state index is -0.943. The molecule has 2 rings (SSSR count). The Balaban J connectivity index is 2.41. The van der Waals surface area contributed by atoms with Gasteiger partial charge in [0.25, 0.3) is 0 Å². The molecule has 1 aromatic heterocycles.